The third-order valence-electron chi connectivity index (χ3n) is 3.41. The first-order valence-corrected chi connectivity index (χ1v) is 6.51. The van der Waals surface area contributed by atoms with Gasteiger partial charge < -0.3 is 11.1 Å². The molecule has 0 spiro atoms. The van der Waals surface area contributed by atoms with Crippen molar-refractivity contribution in [2.24, 2.45) is 5.92 Å². The number of anilines is 2. The minimum atomic E-state index is 0.0372. The standard InChI is InChI=1S/C14H21N3O/c1-11-5-7-17(8-6-11)10-14(18)16-13-4-2-3-12(15)9-13/h2-4,9,11H,5-8,10,15H2,1H3,(H,16,18). The quantitative estimate of drug-likeness (QED) is 0.802. The number of carbonyl (C=O) groups excluding carboxylic acids is 1. The van der Waals surface area contributed by atoms with Gasteiger partial charge in [-0.2, -0.15) is 0 Å². The highest BCUT2D eigenvalue weighted by atomic mass is 16.2. The van der Waals surface area contributed by atoms with E-state index in [1.54, 1.807) is 6.07 Å². The molecule has 1 aliphatic heterocycles. The van der Waals surface area contributed by atoms with Crippen LogP contribution in [0, 0.1) is 5.92 Å². The molecule has 1 aromatic rings. The van der Waals surface area contributed by atoms with Crippen LogP contribution in [0.25, 0.3) is 0 Å². The smallest absolute Gasteiger partial charge is 0.238 e. The van der Waals surface area contributed by atoms with Crippen molar-refractivity contribution in [1.82, 2.24) is 4.90 Å². The molecule has 0 radical (unpaired) electrons. The van der Waals surface area contributed by atoms with Crippen molar-refractivity contribution < 1.29 is 4.79 Å². The number of hydrogen-bond donors (Lipinski definition) is 2. The zero-order valence-corrected chi connectivity index (χ0v) is 10.9. The number of rotatable bonds is 3. The Morgan fingerprint density at radius 3 is 2.83 bits per heavy atom. The monoisotopic (exact) mass is 247 g/mol. The Kier molecular flexibility index (Phi) is 4.20. The number of likely N-dealkylation sites (tertiary alicyclic amines) is 1. The maximum Gasteiger partial charge on any atom is 0.238 e. The predicted molar refractivity (Wildman–Crippen MR) is 74.3 cm³/mol. The van der Waals surface area contributed by atoms with Crippen LogP contribution in [0.15, 0.2) is 24.3 Å². The summed E-state index contributed by atoms with van der Waals surface area (Å²) in [7, 11) is 0. The molecule has 98 valence electrons. The van der Waals surface area contributed by atoms with Crippen molar-refractivity contribution in [2.75, 3.05) is 30.7 Å². The van der Waals surface area contributed by atoms with Crippen LogP contribution in [0.2, 0.25) is 0 Å². The molecule has 1 aliphatic rings. The van der Waals surface area contributed by atoms with Crippen molar-refractivity contribution in [3.05, 3.63) is 24.3 Å². The molecule has 1 amide bonds. The Hall–Kier alpha value is -1.55. The molecular formula is C14H21N3O. The van der Waals surface area contributed by atoms with Crippen LogP contribution in [0.5, 0.6) is 0 Å². The van der Waals surface area contributed by atoms with Crippen LogP contribution in [0.1, 0.15) is 19.8 Å². The molecule has 3 N–H and O–H groups in total. The van der Waals surface area contributed by atoms with Gasteiger partial charge >= 0.3 is 0 Å². The Morgan fingerprint density at radius 2 is 2.17 bits per heavy atom. The minimum absolute atomic E-state index is 0.0372. The highest BCUT2D eigenvalue weighted by Gasteiger charge is 2.17. The highest BCUT2D eigenvalue weighted by molar-refractivity contribution is 5.92. The van der Waals surface area contributed by atoms with Crippen LogP contribution in [-0.2, 0) is 4.79 Å². The first-order valence-electron chi connectivity index (χ1n) is 6.51. The number of nitrogens with zero attached hydrogens (tertiary/aromatic N) is 1. The lowest BCUT2D eigenvalue weighted by molar-refractivity contribution is -0.117. The van der Waals surface area contributed by atoms with E-state index in [0.717, 1.165) is 24.7 Å². The third-order valence-corrected chi connectivity index (χ3v) is 3.41. The molecular weight excluding hydrogens is 226 g/mol. The van der Waals surface area contributed by atoms with Crippen LogP contribution in [-0.4, -0.2) is 30.4 Å². The van der Waals surface area contributed by atoms with Gasteiger partial charge in [0.15, 0.2) is 0 Å². The number of nitrogens with one attached hydrogen (secondary N) is 1. The SMILES string of the molecule is CC1CCN(CC(=O)Nc2cccc(N)c2)CC1. The van der Waals surface area contributed by atoms with Crippen molar-refractivity contribution >= 4 is 17.3 Å². The van der Waals surface area contributed by atoms with E-state index in [4.69, 9.17) is 5.73 Å². The zero-order chi connectivity index (χ0) is 13.0. The van der Waals surface area contributed by atoms with E-state index in [0.29, 0.717) is 12.2 Å². The Morgan fingerprint density at radius 1 is 1.44 bits per heavy atom. The summed E-state index contributed by atoms with van der Waals surface area (Å²) in [6.07, 6.45) is 2.37. The van der Waals surface area contributed by atoms with E-state index in [1.165, 1.54) is 12.8 Å². The molecule has 0 atom stereocenters. The summed E-state index contributed by atoms with van der Waals surface area (Å²) in [5, 5.41) is 2.88. The third kappa shape index (κ3) is 3.74. The van der Waals surface area contributed by atoms with Gasteiger partial charge in [-0.3, -0.25) is 9.69 Å². The molecule has 18 heavy (non-hydrogen) atoms. The maximum absolute atomic E-state index is 11.9. The average Bonchev–Trinajstić information content (AvgIpc) is 2.32. The summed E-state index contributed by atoms with van der Waals surface area (Å²) in [6, 6.07) is 7.28. The lowest BCUT2D eigenvalue weighted by atomic mass is 9.99. The fourth-order valence-electron chi connectivity index (χ4n) is 2.24. The van der Waals surface area contributed by atoms with E-state index >= 15 is 0 Å². The number of carbonyl (C=O) groups is 1. The molecule has 1 aromatic carbocycles. The topological polar surface area (TPSA) is 58.4 Å². The minimum Gasteiger partial charge on any atom is -0.399 e. The molecule has 1 saturated heterocycles. The average molecular weight is 247 g/mol. The number of hydrogen-bond acceptors (Lipinski definition) is 3. The lowest BCUT2D eigenvalue weighted by Crippen LogP contribution is -2.38. The lowest BCUT2D eigenvalue weighted by Gasteiger charge is -2.29. The maximum atomic E-state index is 11.9. The molecule has 0 unspecified atom stereocenters. The highest BCUT2D eigenvalue weighted by Crippen LogP contribution is 2.16. The van der Waals surface area contributed by atoms with Gasteiger partial charge in [0.05, 0.1) is 6.54 Å². The number of piperidine rings is 1. The van der Waals surface area contributed by atoms with Gasteiger partial charge in [-0.05, 0) is 50.0 Å². The van der Waals surface area contributed by atoms with Crippen LogP contribution >= 0.6 is 0 Å². The fraction of sp³-hybridized carbons (Fsp3) is 0.500. The number of amides is 1. The summed E-state index contributed by atoms with van der Waals surface area (Å²) < 4.78 is 0. The summed E-state index contributed by atoms with van der Waals surface area (Å²) in [5.74, 6) is 0.827. The number of nitrogens with two attached hydrogens (primary N) is 1. The van der Waals surface area contributed by atoms with Crippen molar-refractivity contribution in [2.45, 2.75) is 19.8 Å². The van der Waals surface area contributed by atoms with Crippen molar-refractivity contribution in [1.29, 1.82) is 0 Å². The number of nitrogen functional groups attached to an aromatic ring is 1. The molecule has 1 fully saturated rings. The van der Waals surface area contributed by atoms with Crippen LogP contribution < -0.4 is 11.1 Å². The summed E-state index contributed by atoms with van der Waals surface area (Å²) in [6.45, 7) is 4.78. The second-order valence-electron chi connectivity index (χ2n) is 5.13. The van der Waals surface area contributed by atoms with Gasteiger partial charge in [0.1, 0.15) is 0 Å². The molecule has 1 heterocycles. The van der Waals surface area contributed by atoms with Gasteiger partial charge in [0.2, 0.25) is 5.91 Å². The normalized spacial score (nSPS) is 17.6. The Labute approximate surface area is 108 Å². The summed E-state index contributed by atoms with van der Waals surface area (Å²) in [5.41, 5.74) is 7.11. The number of benzene rings is 1. The largest absolute Gasteiger partial charge is 0.399 e. The van der Waals surface area contributed by atoms with Gasteiger partial charge in [-0.25, -0.2) is 0 Å². The van der Waals surface area contributed by atoms with Gasteiger partial charge in [0.25, 0.3) is 0 Å². The summed E-state index contributed by atoms with van der Waals surface area (Å²) >= 11 is 0. The van der Waals surface area contributed by atoms with E-state index in [-0.39, 0.29) is 5.91 Å². The second kappa shape index (κ2) is 5.87. The molecule has 0 bridgehead atoms. The van der Waals surface area contributed by atoms with E-state index in [1.807, 2.05) is 18.2 Å². The van der Waals surface area contributed by atoms with Gasteiger partial charge in [0, 0.05) is 11.4 Å². The fourth-order valence-corrected chi connectivity index (χ4v) is 2.24. The van der Waals surface area contributed by atoms with Gasteiger partial charge in [-0.1, -0.05) is 13.0 Å². The van der Waals surface area contributed by atoms with Gasteiger partial charge in [-0.15, -0.1) is 0 Å². The predicted octanol–water partition coefficient (Wildman–Crippen LogP) is 1.94. The van der Waals surface area contributed by atoms with E-state index in [2.05, 4.69) is 17.1 Å². The molecule has 0 saturated carbocycles. The van der Waals surface area contributed by atoms with E-state index < -0.39 is 0 Å². The molecule has 4 nitrogen and oxygen atoms in total. The molecule has 0 aromatic heterocycles. The van der Waals surface area contributed by atoms with Crippen LogP contribution in [0.3, 0.4) is 0 Å². The first kappa shape index (κ1) is 12.9. The summed E-state index contributed by atoms with van der Waals surface area (Å²) in [4.78, 5) is 14.1. The molecule has 2 rings (SSSR count). The first-order chi connectivity index (χ1) is 8.63. The van der Waals surface area contributed by atoms with Crippen molar-refractivity contribution in [3.63, 3.8) is 0 Å². The molecule has 0 aliphatic carbocycles. The second-order valence-corrected chi connectivity index (χ2v) is 5.13. The molecule has 4 heteroatoms. The Balaban J connectivity index is 1.82. The van der Waals surface area contributed by atoms with E-state index in [9.17, 15) is 4.79 Å². The zero-order valence-electron chi connectivity index (χ0n) is 10.9. The van der Waals surface area contributed by atoms with Crippen molar-refractivity contribution in [3.8, 4) is 0 Å². The van der Waals surface area contributed by atoms with Crippen LogP contribution in [0.4, 0.5) is 11.4 Å². The Bertz CT molecular complexity index is 411.